The third-order valence-corrected chi connectivity index (χ3v) is 6.08. The van der Waals surface area contributed by atoms with E-state index in [1.54, 1.807) is 0 Å². The monoisotopic (exact) mass is 378 g/mol. The molecule has 0 bridgehead atoms. The molecule has 0 saturated heterocycles. The van der Waals surface area contributed by atoms with Crippen LogP contribution < -0.4 is 11.1 Å². The molecule has 1 atom stereocenters. The summed E-state index contributed by atoms with van der Waals surface area (Å²) in [5.41, 5.74) is 8.73. The topological polar surface area (TPSA) is 55.1 Å². The molecule has 0 spiro atoms. The first-order valence-corrected chi connectivity index (χ1v) is 10.9. The van der Waals surface area contributed by atoms with Crippen LogP contribution in [0.15, 0.2) is 60.7 Å². The van der Waals surface area contributed by atoms with Gasteiger partial charge in [-0.1, -0.05) is 92.8 Å². The van der Waals surface area contributed by atoms with E-state index >= 15 is 0 Å². The molecule has 3 heteroatoms. The lowest BCUT2D eigenvalue weighted by Crippen LogP contribution is -2.41. The first-order valence-electron chi connectivity index (χ1n) is 10.9. The van der Waals surface area contributed by atoms with Crippen molar-refractivity contribution >= 4 is 5.91 Å². The molecule has 1 amide bonds. The van der Waals surface area contributed by atoms with Crippen LogP contribution in [0.3, 0.4) is 0 Å². The number of rotatable bonds is 9. The highest BCUT2D eigenvalue weighted by Crippen LogP contribution is 2.28. The van der Waals surface area contributed by atoms with E-state index < -0.39 is 0 Å². The van der Waals surface area contributed by atoms with Gasteiger partial charge in [0.1, 0.15) is 0 Å². The standard InChI is InChI=1S/C25H34N2O/c26-24(17-16-20-10-4-1-5-11-20)25(28)27-19-18-23(21-12-6-2-7-13-21)22-14-8-3-9-15-22/h2-3,6-9,12-15,20,23-24H,1,4-5,10-11,16-19,26H2,(H,27,28). The summed E-state index contributed by atoms with van der Waals surface area (Å²) in [7, 11) is 0. The molecule has 2 aromatic rings. The van der Waals surface area contributed by atoms with Crippen molar-refractivity contribution in [3.05, 3.63) is 71.8 Å². The molecule has 3 rings (SSSR count). The summed E-state index contributed by atoms with van der Waals surface area (Å²) in [6.07, 6.45) is 9.43. The van der Waals surface area contributed by atoms with Crippen LogP contribution in [0.1, 0.15) is 68.4 Å². The Hall–Kier alpha value is -2.13. The van der Waals surface area contributed by atoms with Crippen molar-refractivity contribution in [2.75, 3.05) is 6.54 Å². The SMILES string of the molecule is NC(CCC1CCCCC1)C(=O)NCCC(c1ccccc1)c1ccccc1. The highest BCUT2D eigenvalue weighted by molar-refractivity contribution is 5.81. The molecule has 150 valence electrons. The summed E-state index contributed by atoms with van der Waals surface area (Å²) in [6.45, 7) is 0.643. The summed E-state index contributed by atoms with van der Waals surface area (Å²) in [6, 6.07) is 20.6. The van der Waals surface area contributed by atoms with Crippen molar-refractivity contribution < 1.29 is 4.79 Å². The second kappa shape index (κ2) is 11.0. The first-order chi connectivity index (χ1) is 13.7. The Kier molecular flexibility index (Phi) is 8.10. The Balaban J connectivity index is 1.48. The van der Waals surface area contributed by atoms with Crippen LogP contribution in [-0.4, -0.2) is 18.5 Å². The van der Waals surface area contributed by atoms with Gasteiger partial charge in [0.2, 0.25) is 5.91 Å². The lowest BCUT2D eigenvalue weighted by Gasteiger charge is -2.23. The number of carbonyl (C=O) groups excluding carboxylic acids is 1. The molecule has 2 aromatic carbocycles. The minimum absolute atomic E-state index is 0.00400. The van der Waals surface area contributed by atoms with E-state index in [0.29, 0.717) is 6.54 Å². The Morgan fingerprint density at radius 2 is 1.46 bits per heavy atom. The van der Waals surface area contributed by atoms with Gasteiger partial charge in [-0.3, -0.25) is 4.79 Å². The average molecular weight is 379 g/mol. The van der Waals surface area contributed by atoms with Gasteiger partial charge in [-0.15, -0.1) is 0 Å². The van der Waals surface area contributed by atoms with Gasteiger partial charge < -0.3 is 11.1 Å². The first kappa shape index (κ1) is 20.6. The number of benzene rings is 2. The van der Waals surface area contributed by atoms with Crippen molar-refractivity contribution in [2.45, 2.75) is 63.3 Å². The Morgan fingerprint density at radius 1 is 0.893 bits per heavy atom. The van der Waals surface area contributed by atoms with Gasteiger partial charge >= 0.3 is 0 Å². The highest BCUT2D eigenvalue weighted by Gasteiger charge is 2.19. The summed E-state index contributed by atoms with van der Waals surface area (Å²) >= 11 is 0. The minimum atomic E-state index is -0.381. The van der Waals surface area contributed by atoms with Gasteiger partial charge in [0, 0.05) is 12.5 Å². The minimum Gasteiger partial charge on any atom is -0.355 e. The highest BCUT2D eigenvalue weighted by atomic mass is 16.2. The van der Waals surface area contributed by atoms with E-state index in [1.807, 2.05) is 12.1 Å². The Bertz CT molecular complexity index is 656. The van der Waals surface area contributed by atoms with Crippen LogP contribution in [0.25, 0.3) is 0 Å². The van der Waals surface area contributed by atoms with E-state index in [-0.39, 0.29) is 17.9 Å². The van der Waals surface area contributed by atoms with E-state index in [2.05, 4.69) is 53.8 Å². The number of nitrogens with one attached hydrogen (secondary N) is 1. The molecular formula is C25H34N2O. The molecule has 3 N–H and O–H groups in total. The fourth-order valence-electron chi connectivity index (χ4n) is 4.39. The van der Waals surface area contributed by atoms with E-state index in [4.69, 9.17) is 5.73 Å². The summed E-state index contributed by atoms with van der Waals surface area (Å²) in [5, 5.41) is 3.08. The quantitative estimate of drug-likeness (QED) is 0.644. The molecule has 1 saturated carbocycles. The summed E-state index contributed by atoms with van der Waals surface area (Å²) in [5.74, 6) is 1.05. The van der Waals surface area contributed by atoms with Gasteiger partial charge in [-0.05, 0) is 36.3 Å². The van der Waals surface area contributed by atoms with Gasteiger partial charge in [0.25, 0.3) is 0 Å². The third-order valence-electron chi connectivity index (χ3n) is 6.08. The Labute approximate surface area is 169 Å². The maximum atomic E-state index is 12.4. The van der Waals surface area contributed by atoms with Crippen LogP contribution in [0.2, 0.25) is 0 Å². The number of hydrogen-bond acceptors (Lipinski definition) is 2. The predicted octanol–water partition coefficient (Wildman–Crippen LogP) is 5.01. The smallest absolute Gasteiger partial charge is 0.236 e. The molecule has 28 heavy (non-hydrogen) atoms. The zero-order valence-corrected chi connectivity index (χ0v) is 16.9. The Morgan fingerprint density at radius 3 is 2.04 bits per heavy atom. The molecule has 0 aliphatic heterocycles. The van der Waals surface area contributed by atoms with Crippen molar-refractivity contribution in [2.24, 2.45) is 11.7 Å². The molecule has 0 radical (unpaired) electrons. The van der Waals surface area contributed by atoms with E-state index in [0.717, 1.165) is 25.2 Å². The lowest BCUT2D eigenvalue weighted by atomic mass is 9.85. The predicted molar refractivity (Wildman–Crippen MR) is 116 cm³/mol. The number of carbonyl (C=O) groups is 1. The second-order valence-electron chi connectivity index (χ2n) is 8.14. The maximum absolute atomic E-state index is 12.4. The molecular weight excluding hydrogens is 344 g/mol. The van der Waals surface area contributed by atoms with E-state index in [1.165, 1.54) is 43.2 Å². The second-order valence-corrected chi connectivity index (χ2v) is 8.14. The van der Waals surface area contributed by atoms with Crippen LogP contribution in [0.4, 0.5) is 0 Å². The third kappa shape index (κ3) is 6.20. The van der Waals surface area contributed by atoms with Crippen LogP contribution in [-0.2, 0) is 4.79 Å². The molecule has 1 unspecified atom stereocenters. The summed E-state index contributed by atoms with van der Waals surface area (Å²) < 4.78 is 0. The zero-order chi connectivity index (χ0) is 19.6. The fourth-order valence-corrected chi connectivity index (χ4v) is 4.39. The van der Waals surface area contributed by atoms with Crippen molar-refractivity contribution in [3.8, 4) is 0 Å². The van der Waals surface area contributed by atoms with Crippen molar-refractivity contribution in [1.82, 2.24) is 5.32 Å². The summed E-state index contributed by atoms with van der Waals surface area (Å²) in [4.78, 5) is 12.4. The average Bonchev–Trinajstić information content (AvgIpc) is 2.77. The van der Waals surface area contributed by atoms with Gasteiger partial charge in [0.15, 0.2) is 0 Å². The molecule has 1 fully saturated rings. The van der Waals surface area contributed by atoms with Crippen LogP contribution in [0, 0.1) is 5.92 Å². The van der Waals surface area contributed by atoms with Gasteiger partial charge in [0.05, 0.1) is 6.04 Å². The lowest BCUT2D eigenvalue weighted by molar-refractivity contribution is -0.122. The molecule has 1 aliphatic carbocycles. The van der Waals surface area contributed by atoms with Crippen molar-refractivity contribution in [3.63, 3.8) is 0 Å². The zero-order valence-electron chi connectivity index (χ0n) is 16.9. The van der Waals surface area contributed by atoms with Crippen LogP contribution in [0.5, 0.6) is 0 Å². The number of amides is 1. The maximum Gasteiger partial charge on any atom is 0.236 e. The fraction of sp³-hybridized carbons (Fsp3) is 0.480. The van der Waals surface area contributed by atoms with Crippen molar-refractivity contribution in [1.29, 1.82) is 0 Å². The number of hydrogen-bond donors (Lipinski definition) is 2. The normalized spacial score (nSPS) is 16.1. The molecule has 0 aromatic heterocycles. The largest absolute Gasteiger partial charge is 0.355 e. The number of nitrogens with two attached hydrogens (primary N) is 1. The molecule has 1 aliphatic rings. The molecule has 0 heterocycles. The van der Waals surface area contributed by atoms with Crippen LogP contribution >= 0.6 is 0 Å². The van der Waals surface area contributed by atoms with E-state index in [9.17, 15) is 4.79 Å². The van der Waals surface area contributed by atoms with Gasteiger partial charge in [-0.2, -0.15) is 0 Å². The van der Waals surface area contributed by atoms with Gasteiger partial charge in [-0.25, -0.2) is 0 Å². The molecule has 3 nitrogen and oxygen atoms in total.